The normalized spacial score (nSPS) is 14.2. The quantitative estimate of drug-likeness (QED) is 0.715. The fourth-order valence-electron chi connectivity index (χ4n) is 3.09. The number of carbonyl (C=O) groups is 1. The first-order valence-electron chi connectivity index (χ1n) is 8.86. The van der Waals surface area contributed by atoms with Crippen LogP contribution in [-0.4, -0.2) is 25.6 Å². The van der Waals surface area contributed by atoms with Gasteiger partial charge in [-0.1, -0.05) is 23.2 Å². The lowest BCUT2D eigenvalue weighted by Gasteiger charge is -2.29. The summed E-state index contributed by atoms with van der Waals surface area (Å²) in [6.45, 7) is 4.45. The van der Waals surface area contributed by atoms with Crippen molar-refractivity contribution in [3.8, 4) is 5.75 Å². The molecule has 0 atom stereocenters. The highest BCUT2D eigenvalue weighted by Gasteiger charge is 2.15. The van der Waals surface area contributed by atoms with Gasteiger partial charge in [-0.3, -0.25) is 4.79 Å². The molecule has 3 rings (SSSR count). The molecule has 0 unspecified atom stereocenters. The summed E-state index contributed by atoms with van der Waals surface area (Å²) >= 11 is 12.6. The van der Waals surface area contributed by atoms with Crippen molar-refractivity contribution in [3.05, 3.63) is 52.0 Å². The zero-order chi connectivity index (χ0) is 18.5. The lowest BCUT2D eigenvalue weighted by molar-refractivity contribution is 0.102. The summed E-state index contributed by atoms with van der Waals surface area (Å²) in [5, 5.41) is 3.93. The van der Waals surface area contributed by atoms with E-state index in [0.717, 1.165) is 18.8 Å². The third-order valence-corrected chi connectivity index (χ3v) is 4.99. The van der Waals surface area contributed by atoms with Gasteiger partial charge in [0.2, 0.25) is 0 Å². The number of carbonyl (C=O) groups excluding carboxylic acids is 1. The number of ether oxygens (including phenoxy) is 1. The lowest BCUT2D eigenvalue weighted by Crippen LogP contribution is -2.29. The van der Waals surface area contributed by atoms with Gasteiger partial charge in [0.1, 0.15) is 5.75 Å². The van der Waals surface area contributed by atoms with Crippen LogP contribution in [0.15, 0.2) is 36.4 Å². The maximum Gasteiger partial charge on any atom is 0.255 e. The summed E-state index contributed by atoms with van der Waals surface area (Å²) in [5.41, 5.74) is 2.15. The molecule has 0 aromatic heterocycles. The highest BCUT2D eigenvalue weighted by Crippen LogP contribution is 2.31. The first-order chi connectivity index (χ1) is 12.6. The molecule has 1 N–H and O–H groups in total. The van der Waals surface area contributed by atoms with Gasteiger partial charge in [0.05, 0.1) is 22.3 Å². The van der Waals surface area contributed by atoms with Crippen LogP contribution in [-0.2, 0) is 0 Å². The summed E-state index contributed by atoms with van der Waals surface area (Å²) in [4.78, 5) is 14.8. The van der Waals surface area contributed by atoms with Crippen molar-refractivity contribution >= 4 is 40.5 Å². The number of piperidine rings is 1. The van der Waals surface area contributed by atoms with Crippen LogP contribution in [0.2, 0.25) is 10.0 Å². The number of hydrogen-bond acceptors (Lipinski definition) is 3. The molecule has 0 radical (unpaired) electrons. The minimum atomic E-state index is -0.239. The third kappa shape index (κ3) is 4.43. The van der Waals surface area contributed by atoms with Crippen molar-refractivity contribution in [2.45, 2.75) is 26.2 Å². The molecule has 1 heterocycles. The first kappa shape index (κ1) is 18.9. The predicted molar refractivity (Wildman–Crippen MR) is 108 cm³/mol. The van der Waals surface area contributed by atoms with Gasteiger partial charge in [-0.15, -0.1) is 0 Å². The minimum absolute atomic E-state index is 0.239. The van der Waals surface area contributed by atoms with E-state index in [9.17, 15) is 4.79 Å². The van der Waals surface area contributed by atoms with E-state index >= 15 is 0 Å². The van der Waals surface area contributed by atoms with Gasteiger partial charge < -0.3 is 15.0 Å². The van der Waals surface area contributed by atoms with E-state index in [1.165, 1.54) is 19.3 Å². The average molecular weight is 393 g/mol. The Bertz CT molecular complexity index is 789. The van der Waals surface area contributed by atoms with Crippen LogP contribution in [0, 0.1) is 0 Å². The molecule has 1 fully saturated rings. The standard InChI is InChI=1S/C20H22Cl2N2O2/c1-2-26-19-9-6-14(12-17(19)22)20(25)23-15-7-8-18(16(21)13-15)24-10-4-3-5-11-24/h6-9,12-13H,2-5,10-11H2,1H3,(H,23,25). The Morgan fingerprint density at radius 3 is 2.50 bits per heavy atom. The second-order valence-corrected chi connectivity index (χ2v) is 7.06. The second-order valence-electron chi connectivity index (χ2n) is 6.25. The van der Waals surface area contributed by atoms with E-state index < -0.39 is 0 Å². The molecular weight excluding hydrogens is 371 g/mol. The summed E-state index contributed by atoms with van der Waals surface area (Å²) in [6, 6.07) is 10.6. The average Bonchev–Trinajstić information content (AvgIpc) is 2.64. The molecule has 1 amide bonds. The van der Waals surface area contributed by atoms with E-state index in [0.29, 0.717) is 33.7 Å². The summed E-state index contributed by atoms with van der Waals surface area (Å²) < 4.78 is 5.39. The number of benzene rings is 2. The number of nitrogens with zero attached hydrogens (tertiary/aromatic N) is 1. The molecule has 0 saturated carbocycles. The van der Waals surface area contributed by atoms with Gasteiger partial charge in [-0.25, -0.2) is 0 Å². The van der Waals surface area contributed by atoms with Crippen molar-refractivity contribution in [1.82, 2.24) is 0 Å². The van der Waals surface area contributed by atoms with Gasteiger partial charge in [-0.2, -0.15) is 0 Å². The molecule has 4 nitrogen and oxygen atoms in total. The lowest BCUT2D eigenvalue weighted by atomic mass is 10.1. The van der Waals surface area contributed by atoms with Gasteiger partial charge in [0.15, 0.2) is 0 Å². The van der Waals surface area contributed by atoms with E-state index in [2.05, 4.69) is 10.2 Å². The van der Waals surface area contributed by atoms with Crippen LogP contribution < -0.4 is 15.0 Å². The maximum absolute atomic E-state index is 12.5. The number of halogens is 2. The van der Waals surface area contributed by atoms with Crippen molar-refractivity contribution in [2.24, 2.45) is 0 Å². The van der Waals surface area contributed by atoms with Gasteiger partial charge in [0, 0.05) is 24.3 Å². The molecule has 2 aromatic carbocycles. The van der Waals surface area contributed by atoms with E-state index in [1.807, 2.05) is 19.1 Å². The SMILES string of the molecule is CCOc1ccc(C(=O)Nc2ccc(N3CCCCC3)c(Cl)c2)cc1Cl. The smallest absolute Gasteiger partial charge is 0.255 e. The molecule has 0 spiro atoms. The Hall–Kier alpha value is -1.91. The highest BCUT2D eigenvalue weighted by molar-refractivity contribution is 6.34. The molecule has 1 aliphatic heterocycles. The molecule has 138 valence electrons. The van der Waals surface area contributed by atoms with Crippen molar-refractivity contribution in [1.29, 1.82) is 0 Å². The van der Waals surface area contributed by atoms with E-state index in [-0.39, 0.29) is 5.91 Å². The molecular formula is C20H22Cl2N2O2. The monoisotopic (exact) mass is 392 g/mol. The Morgan fingerprint density at radius 1 is 1.08 bits per heavy atom. The summed E-state index contributed by atoms with van der Waals surface area (Å²) in [6.07, 6.45) is 3.65. The number of amides is 1. The molecule has 0 bridgehead atoms. The minimum Gasteiger partial charge on any atom is -0.492 e. The van der Waals surface area contributed by atoms with Gasteiger partial charge in [-0.05, 0) is 62.6 Å². The number of nitrogens with one attached hydrogen (secondary N) is 1. The van der Waals surface area contributed by atoms with Gasteiger partial charge in [0.25, 0.3) is 5.91 Å². The maximum atomic E-state index is 12.5. The number of anilines is 2. The van der Waals surface area contributed by atoms with E-state index in [1.54, 1.807) is 24.3 Å². The zero-order valence-electron chi connectivity index (χ0n) is 14.7. The van der Waals surface area contributed by atoms with Crippen LogP contribution in [0.1, 0.15) is 36.5 Å². The topological polar surface area (TPSA) is 41.6 Å². The predicted octanol–water partition coefficient (Wildman–Crippen LogP) is 5.63. The molecule has 1 saturated heterocycles. The summed E-state index contributed by atoms with van der Waals surface area (Å²) in [5.74, 6) is 0.330. The Balaban J connectivity index is 1.71. The first-order valence-corrected chi connectivity index (χ1v) is 9.62. The van der Waals surface area contributed by atoms with Crippen LogP contribution in [0.5, 0.6) is 5.75 Å². The third-order valence-electron chi connectivity index (χ3n) is 4.40. The van der Waals surface area contributed by atoms with Crippen molar-refractivity contribution < 1.29 is 9.53 Å². The molecule has 1 aliphatic rings. The van der Waals surface area contributed by atoms with Crippen molar-refractivity contribution in [3.63, 3.8) is 0 Å². The number of hydrogen-bond donors (Lipinski definition) is 1. The highest BCUT2D eigenvalue weighted by atomic mass is 35.5. The largest absolute Gasteiger partial charge is 0.492 e. The van der Waals surface area contributed by atoms with Crippen LogP contribution in [0.4, 0.5) is 11.4 Å². The molecule has 26 heavy (non-hydrogen) atoms. The van der Waals surface area contributed by atoms with Crippen LogP contribution in [0.25, 0.3) is 0 Å². The number of rotatable bonds is 5. The molecule has 2 aromatic rings. The van der Waals surface area contributed by atoms with E-state index in [4.69, 9.17) is 27.9 Å². The van der Waals surface area contributed by atoms with Crippen molar-refractivity contribution in [2.75, 3.05) is 29.9 Å². The fourth-order valence-corrected chi connectivity index (χ4v) is 3.63. The molecule has 6 heteroatoms. The summed E-state index contributed by atoms with van der Waals surface area (Å²) in [7, 11) is 0. The van der Waals surface area contributed by atoms with Crippen LogP contribution >= 0.6 is 23.2 Å². The zero-order valence-corrected chi connectivity index (χ0v) is 16.2. The Kier molecular flexibility index (Phi) is 6.28. The Labute approximate surface area is 164 Å². The van der Waals surface area contributed by atoms with Gasteiger partial charge >= 0.3 is 0 Å². The van der Waals surface area contributed by atoms with Crippen LogP contribution in [0.3, 0.4) is 0 Å². The molecule has 0 aliphatic carbocycles. The Morgan fingerprint density at radius 2 is 1.85 bits per heavy atom. The fraction of sp³-hybridized carbons (Fsp3) is 0.350. The second kappa shape index (κ2) is 8.65.